The third-order valence-corrected chi connectivity index (χ3v) is 2.59. The Kier molecular flexibility index (Phi) is 4.46. The summed E-state index contributed by atoms with van der Waals surface area (Å²) < 4.78 is 10.6. The second-order valence-corrected chi connectivity index (χ2v) is 3.92. The van der Waals surface area contributed by atoms with Gasteiger partial charge in [0.05, 0.1) is 36.2 Å². The molecule has 110 valence electrons. The molecule has 21 heavy (non-hydrogen) atoms. The lowest BCUT2D eigenvalue weighted by Gasteiger charge is -2.10. The molecule has 0 amide bonds. The molecule has 0 aliphatic carbocycles. The second-order valence-electron chi connectivity index (χ2n) is 3.92. The number of benzene rings is 1. The van der Waals surface area contributed by atoms with Crippen LogP contribution >= 0.6 is 0 Å². The number of hydrogen-bond donors (Lipinski definition) is 2. The predicted octanol–water partition coefficient (Wildman–Crippen LogP) is 1.26. The van der Waals surface area contributed by atoms with E-state index in [4.69, 9.17) is 15.3 Å². The second kappa shape index (κ2) is 6.48. The van der Waals surface area contributed by atoms with Gasteiger partial charge in [0.15, 0.2) is 17.3 Å². The minimum atomic E-state index is -0.504. The minimum absolute atomic E-state index is 0.0719. The Balaban J connectivity index is 2.09. The summed E-state index contributed by atoms with van der Waals surface area (Å²) in [6, 6.07) is 4.10. The van der Waals surface area contributed by atoms with Crippen molar-refractivity contribution in [3.8, 4) is 11.5 Å². The van der Waals surface area contributed by atoms with E-state index >= 15 is 0 Å². The molecule has 9 heteroatoms. The molecule has 0 aliphatic rings. The first-order valence-electron chi connectivity index (χ1n) is 5.87. The third kappa shape index (κ3) is 3.54. The lowest BCUT2D eigenvalue weighted by molar-refractivity contribution is -0.385. The molecule has 2 aromatic rings. The number of nitrogens with one attached hydrogen (secondary N) is 1. The molecule has 0 saturated carbocycles. The maximum absolute atomic E-state index is 10.7. The van der Waals surface area contributed by atoms with Crippen LogP contribution in [0.3, 0.4) is 0 Å². The molecule has 9 nitrogen and oxygen atoms in total. The van der Waals surface area contributed by atoms with Crippen molar-refractivity contribution in [3.63, 3.8) is 0 Å². The van der Waals surface area contributed by atoms with E-state index in [1.54, 1.807) is 0 Å². The molecule has 0 aliphatic heterocycles. The number of ether oxygens (including phenoxy) is 2. The zero-order valence-electron chi connectivity index (χ0n) is 11.1. The predicted molar refractivity (Wildman–Crippen MR) is 73.8 cm³/mol. The maximum atomic E-state index is 10.7. The molecular formula is C12H13N5O4. The monoisotopic (exact) mass is 291 g/mol. The van der Waals surface area contributed by atoms with Gasteiger partial charge in [-0.05, 0) is 6.07 Å². The summed E-state index contributed by atoms with van der Waals surface area (Å²) in [6.07, 6.45) is 2.97. The zero-order valence-corrected chi connectivity index (χ0v) is 11.1. The van der Waals surface area contributed by atoms with Crippen molar-refractivity contribution in [1.29, 1.82) is 0 Å². The lowest BCUT2D eigenvalue weighted by atomic mass is 10.3. The molecule has 0 fully saturated rings. The quantitative estimate of drug-likeness (QED) is 0.463. The van der Waals surface area contributed by atoms with Gasteiger partial charge in [0.25, 0.3) is 5.69 Å². The van der Waals surface area contributed by atoms with Crippen LogP contribution in [0.15, 0.2) is 30.6 Å². The number of nitrogens with two attached hydrogens (primary N) is 1. The highest BCUT2D eigenvalue weighted by Crippen LogP contribution is 2.31. The minimum Gasteiger partial charge on any atom is -0.493 e. The van der Waals surface area contributed by atoms with Gasteiger partial charge in [-0.1, -0.05) is 0 Å². The molecule has 0 bridgehead atoms. The van der Waals surface area contributed by atoms with Gasteiger partial charge < -0.3 is 14.9 Å². The van der Waals surface area contributed by atoms with Crippen molar-refractivity contribution >= 4 is 11.5 Å². The van der Waals surface area contributed by atoms with E-state index in [9.17, 15) is 10.1 Å². The van der Waals surface area contributed by atoms with Crippen LogP contribution in [0.5, 0.6) is 11.5 Å². The number of hydrogen-bond acceptors (Lipinski definition) is 8. The summed E-state index contributed by atoms with van der Waals surface area (Å²) in [5.74, 6) is 6.28. The molecular weight excluding hydrogens is 278 g/mol. The fourth-order valence-corrected chi connectivity index (χ4v) is 1.54. The smallest absolute Gasteiger partial charge is 0.273 e. The Hall–Kier alpha value is -2.94. The molecule has 3 N–H and O–H groups in total. The van der Waals surface area contributed by atoms with Gasteiger partial charge in [-0.15, -0.1) is 0 Å². The number of nitrogen functional groups attached to an aromatic ring is 1. The lowest BCUT2D eigenvalue weighted by Crippen LogP contribution is -2.09. The number of hydrazine groups is 1. The van der Waals surface area contributed by atoms with E-state index in [0.717, 1.165) is 0 Å². The molecule has 0 saturated heterocycles. The third-order valence-electron chi connectivity index (χ3n) is 2.59. The average molecular weight is 291 g/mol. The van der Waals surface area contributed by atoms with Crippen LogP contribution in [0.2, 0.25) is 0 Å². The topological polar surface area (TPSA) is 125 Å². The molecule has 0 radical (unpaired) electrons. The van der Waals surface area contributed by atoms with Gasteiger partial charge in [0.2, 0.25) is 0 Å². The van der Waals surface area contributed by atoms with E-state index in [1.807, 2.05) is 0 Å². The summed E-state index contributed by atoms with van der Waals surface area (Å²) >= 11 is 0. The highest BCUT2D eigenvalue weighted by Gasteiger charge is 2.12. The van der Waals surface area contributed by atoms with Crippen LogP contribution in [-0.2, 0) is 6.61 Å². The maximum Gasteiger partial charge on any atom is 0.273 e. The first-order valence-corrected chi connectivity index (χ1v) is 5.87. The van der Waals surface area contributed by atoms with Crippen molar-refractivity contribution in [1.82, 2.24) is 9.97 Å². The van der Waals surface area contributed by atoms with Crippen molar-refractivity contribution in [2.75, 3.05) is 12.5 Å². The molecule has 1 aromatic carbocycles. The highest BCUT2D eigenvalue weighted by molar-refractivity contribution is 5.48. The van der Waals surface area contributed by atoms with Crippen LogP contribution < -0.4 is 20.7 Å². The van der Waals surface area contributed by atoms with Gasteiger partial charge >= 0.3 is 0 Å². The molecule has 0 spiro atoms. The largest absolute Gasteiger partial charge is 0.493 e. The SMILES string of the molecule is COc1cc([N+](=O)[O-])ccc1OCc1cnc(NN)cn1. The van der Waals surface area contributed by atoms with Crippen molar-refractivity contribution in [3.05, 3.63) is 46.4 Å². The number of nitro groups is 1. The normalized spacial score (nSPS) is 10.0. The van der Waals surface area contributed by atoms with Crippen LogP contribution in [0.1, 0.15) is 5.69 Å². The molecule has 1 heterocycles. The summed E-state index contributed by atoms with van der Waals surface area (Å²) in [7, 11) is 1.41. The summed E-state index contributed by atoms with van der Waals surface area (Å²) in [5, 5.41) is 10.7. The van der Waals surface area contributed by atoms with Crippen LogP contribution in [-0.4, -0.2) is 22.0 Å². The first-order chi connectivity index (χ1) is 10.1. The Labute approximate surface area is 119 Å². The Bertz CT molecular complexity index is 632. The van der Waals surface area contributed by atoms with Crippen molar-refractivity contribution in [2.24, 2.45) is 5.84 Å². The number of methoxy groups -OCH3 is 1. The van der Waals surface area contributed by atoms with Crippen molar-refractivity contribution in [2.45, 2.75) is 6.61 Å². The molecule has 0 unspecified atom stereocenters. The Morgan fingerprint density at radius 2 is 2.14 bits per heavy atom. The summed E-state index contributed by atoms with van der Waals surface area (Å²) in [6.45, 7) is 0.145. The fourth-order valence-electron chi connectivity index (χ4n) is 1.54. The summed E-state index contributed by atoms with van der Waals surface area (Å²) in [5.41, 5.74) is 2.87. The highest BCUT2D eigenvalue weighted by atomic mass is 16.6. The number of rotatable bonds is 6. The number of nitro benzene ring substituents is 1. The van der Waals surface area contributed by atoms with Gasteiger partial charge in [-0.3, -0.25) is 15.1 Å². The molecule has 1 aromatic heterocycles. The van der Waals surface area contributed by atoms with E-state index in [-0.39, 0.29) is 18.0 Å². The number of aromatic nitrogens is 2. The number of nitrogens with zero attached hydrogens (tertiary/aromatic N) is 3. The zero-order chi connectivity index (χ0) is 15.2. The van der Waals surface area contributed by atoms with E-state index in [1.165, 1.54) is 37.7 Å². The van der Waals surface area contributed by atoms with E-state index in [2.05, 4.69) is 15.4 Å². The van der Waals surface area contributed by atoms with Crippen LogP contribution in [0.4, 0.5) is 11.5 Å². The first kappa shape index (κ1) is 14.5. The fraction of sp³-hybridized carbons (Fsp3) is 0.167. The standard InChI is InChI=1S/C12H13N5O4/c1-20-11-4-9(17(18)19)2-3-10(11)21-7-8-5-15-12(16-13)6-14-8/h2-6H,7,13H2,1H3,(H,15,16). The Morgan fingerprint density at radius 3 is 2.71 bits per heavy atom. The van der Waals surface area contributed by atoms with Gasteiger partial charge in [0.1, 0.15) is 6.61 Å². The molecule has 2 rings (SSSR count). The molecule has 0 atom stereocenters. The summed E-state index contributed by atoms with van der Waals surface area (Å²) in [4.78, 5) is 18.3. The van der Waals surface area contributed by atoms with E-state index in [0.29, 0.717) is 17.3 Å². The number of anilines is 1. The van der Waals surface area contributed by atoms with Crippen LogP contribution in [0, 0.1) is 10.1 Å². The Morgan fingerprint density at radius 1 is 1.33 bits per heavy atom. The van der Waals surface area contributed by atoms with Crippen LogP contribution in [0.25, 0.3) is 0 Å². The number of non-ortho nitro benzene ring substituents is 1. The van der Waals surface area contributed by atoms with Gasteiger partial charge in [-0.2, -0.15) is 0 Å². The van der Waals surface area contributed by atoms with Crippen molar-refractivity contribution < 1.29 is 14.4 Å². The van der Waals surface area contributed by atoms with Gasteiger partial charge in [-0.25, -0.2) is 10.8 Å². The van der Waals surface area contributed by atoms with Gasteiger partial charge in [0, 0.05) is 6.07 Å². The average Bonchev–Trinajstić information content (AvgIpc) is 2.53. The van der Waals surface area contributed by atoms with E-state index < -0.39 is 4.92 Å².